The Hall–Kier alpha value is 0.0900. The van der Waals surface area contributed by atoms with Crippen molar-refractivity contribution in [1.82, 2.24) is 4.72 Å². The molecule has 0 saturated carbocycles. The lowest BCUT2D eigenvalue weighted by molar-refractivity contribution is 0.543. The highest BCUT2D eigenvalue weighted by Crippen LogP contribution is 2.25. The Morgan fingerprint density at radius 1 is 1.35 bits per heavy atom. The largest absolute Gasteiger partial charge is 0.241 e. The van der Waals surface area contributed by atoms with Gasteiger partial charge in [-0.3, -0.25) is 0 Å². The number of hydrogen-bond donors (Lipinski definition) is 1. The first-order valence-electron chi connectivity index (χ1n) is 5.34. The second-order valence-corrected chi connectivity index (χ2v) is 7.34. The molecule has 0 spiro atoms. The van der Waals surface area contributed by atoms with Crippen molar-refractivity contribution < 1.29 is 8.42 Å². The molecule has 0 radical (unpaired) electrons. The summed E-state index contributed by atoms with van der Waals surface area (Å²) in [7, 11) is -3.46. The molecule has 0 aromatic heterocycles. The minimum Gasteiger partial charge on any atom is -0.208 e. The van der Waals surface area contributed by atoms with E-state index in [2.05, 4.69) is 36.6 Å². The summed E-state index contributed by atoms with van der Waals surface area (Å²) in [4.78, 5) is 0.259. The molecular formula is C11H15Br2NO2S. The van der Waals surface area contributed by atoms with E-state index >= 15 is 0 Å². The number of benzene rings is 1. The van der Waals surface area contributed by atoms with Crippen LogP contribution in [0.1, 0.15) is 26.7 Å². The third kappa shape index (κ3) is 4.35. The van der Waals surface area contributed by atoms with E-state index < -0.39 is 10.0 Å². The van der Waals surface area contributed by atoms with Crippen LogP contribution >= 0.6 is 31.9 Å². The second-order valence-electron chi connectivity index (χ2n) is 3.89. The molecule has 0 amide bonds. The number of halogens is 2. The Morgan fingerprint density at radius 2 is 2.00 bits per heavy atom. The van der Waals surface area contributed by atoms with Crippen molar-refractivity contribution in [3.8, 4) is 0 Å². The van der Waals surface area contributed by atoms with E-state index in [0.29, 0.717) is 4.47 Å². The second kappa shape index (κ2) is 6.31. The molecule has 0 bridgehead atoms. The zero-order chi connectivity index (χ0) is 13.1. The minimum absolute atomic E-state index is 0.0594. The van der Waals surface area contributed by atoms with Gasteiger partial charge < -0.3 is 0 Å². The maximum atomic E-state index is 12.1. The van der Waals surface area contributed by atoms with Crippen molar-refractivity contribution in [2.45, 2.75) is 37.6 Å². The monoisotopic (exact) mass is 383 g/mol. The van der Waals surface area contributed by atoms with Crippen LogP contribution in [0.4, 0.5) is 0 Å². The molecule has 0 aliphatic rings. The van der Waals surface area contributed by atoms with Crippen LogP contribution in [0.25, 0.3) is 0 Å². The fourth-order valence-electron chi connectivity index (χ4n) is 1.50. The SMILES string of the molecule is CCCC(C)NS(=O)(=O)c1cc(Br)ccc1Br. The Bertz CT molecular complexity index is 488. The highest BCUT2D eigenvalue weighted by atomic mass is 79.9. The molecule has 0 aliphatic heterocycles. The molecule has 0 fully saturated rings. The van der Waals surface area contributed by atoms with Crippen molar-refractivity contribution in [3.05, 3.63) is 27.1 Å². The van der Waals surface area contributed by atoms with Gasteiger partial charge in [-0.25, -0.2) is 13.1 Å². The van der Waals surface area contributed by atoms with E-state index in [1.807, 2.05) is 13.8 Å². The molecular weight excluding hydrogens is 370 g/mol. The number of rotatable bonds is 5. The van der Waals surface area contributed by atoms with Gasteiger partial charge >= 0.3 is 0 Å². The van der Waals surface area contributed by atoms with Crippen molar-refractivity contribution in [2.75, 3.05) is 0 Å². The summed E-state index contributed by atoms with van der Waals surface area (Å²) in [5.74, 6) is 0. The van der Waals surface area contributed by atoms with Gasteiger partial charge in [-0.15, -0.1) is 0 Å². The summed E-state index contributed by atoms with van der Waals surface area (Å²) in [5.41, 5.74) is 0. The zero-order valence-electron chi connectivity index (χ0n) is 9.70. The molecule has 1 aromatic rings. The molecule has 3 nitrogen and oxygen atoms in total. The molecule has 1 unspecified atom stereocenters. The van der Waals surface area contributed by atoms with Crippen LogP contribution in [0.3, 0.4) is 0 Å². The standard InChI is InChI=1S/C11H15Br2NO2S/c1-3-4-8(2)14-17(15,16)11-7-9(12)5-6-10(11)13/h5-8,14H,3-4H2,1-2H3. The highest BCUT2D eigenvalue weighted by molar-refractivity contribution is 9.11. The van der Waals surface area contributed by atoms with Crippen molar-refractivity contribution in [1.29, 1.82) is 0 Å². The van der Waals surface area contributed by atoms with Gasteiger partial charge in [0.15, 0.2) is 0 Å². The average molecular weight is 385 g/mol. The third-order valence-electron chi connectivity index (χ3n) is 2.26. The number of nitrogens with one attached hydrogen (secondary N) is 1. The van der Waals surface area contributed by atoms with Crippen LogP contribution in [0.15, 0.2) is 32.0 Å². The van der Waals surface area contributed by atoms with Crippen molar-refractivity contribution in [2.24, 2.45) is 0 Å². The average Bonchev–Trinajstić information content (AvgIpc) is 2.21. The molecule has 1 aromatic carbocycles. The fraction of sp³-hybridized carbons (Fsp3) is 0.455. The van der Waals surface area contributed by atoms with Gasteiger partial charge in [0.2, 0.25) is 10.0 Å². The summed E-state index contributed by atoms with van der Waals surface area (Å²) < 4.78 is 28.2. The molecule has 1 atom stereocenters. The van der Waals surface area contributed by atoms with Crippen LogP contribution in [0, 0.1) is 0 Å². The van der Waals surface area contributed by atoms with Gasteiger partial charge in [0.1, 0.15) is 0 Å². The van der Waals surface area contributed by atoms with E-state index in [1.165, 1.54) is 0 Å². The van der Waals surface area contributed by atoms with Gasteiger partial charge in [0.25, 0.3) is 0 Å². The fourth-order valence-corrected chi connectivity index (χ4v) is 4.28. The molecule has 1 N–H and O–H groups in total. The van der Waals surface area contributed by atoms with E-state index in [1.54, 1.807) is 18.2 Å². The summed E-state index contributed by atoms with van der Waals surface area (Å²) in [6.45, 7) is 3.90. The maximum absolute atomic E-state index is 12.1. The summed E-state index contributed by atoms with van der Waals surface area (Å²) in [6.07, 6.45) is 1.77. The van der Waals surface area contributed by atoms with Gasteiger partial charge in [0, 0.05) is 15.0 Å². The van der Waals surface area contributed by atoms with Crippen molar-refractivity contribution >= 4 is 41.9 Å². The lowest BCUT2D eigenvalue weighted by Crippen LogP contribution is -2.32. The normalized spacial score (nSPS) is 13.6. The molecule has 17 heavy (non-hydrogen) atoms. The lowest BCUT2D eigenvalue weighted by Gasteiger charge is -2.14. The van der Waals surface area contributed by atoms with Crippen LogP contribution in [-0.4, -0.2) is 14.5 Å². The van der Waals surface area contributed by atoms with E-state index in [-0.39, 0.29) is 10.9 Å². The van der Waals surface area contributed by atoms with Crippen LogP contribution in [0.5, 0.6) is 0 Å². The van der Waals surface area contributed by atoms with Crippen LogP contribution in [0.2, 0.25) is 0 Å². The summed E-state index contributed by atoms with van der Waals surface area (Å²) in [6, 6.07) is 5.03. The van der Waals surface area contributed by atoms with Crippen molar-refractivity contribution in [3.63, 3.8) is 0 Å². The number of sulfonamides is 1. The first kappa shape index (κ1) is 15.1. The summed E-state index contributed by atoms with van der Waals surface area (Å²) in [5, 5.41) is 0. The van der Waals surface area contributed by atoms with E-state index in [4.69, 9.17) is 0 Å². The van der Waals surface area contributed by atoms with Crippen LogP contribution < -0.4 is 4.72 Å². The Morgan fingerprint density at radius 3 is 2.59 bits per heavy atom. The molecule has 0 saturated heterocycles. The molecule has 0 heterocycles. The molecule has 1 rings (SSSR count). The minimum atomic E-state index is -3.46. The van der Waals surface area contributed by atoms with Gasteiger partial charge in [0.05, 0.1) is 4.90 Å². The summed E-state index contributed by atoms with van der Waals surface area (Å²) >= 11 is 6.53. The molecule has 96 valence electrons. The highest BCUT2D eigenvalue weighted by Gasteiger charge is 2.20. The van der Waals surface area contributed by atoms with E-state index in [9.17, 15) is 8.42 Å². The van der Waals surface area contributed by atoms with Gasteiger partial charge in [-0.05, 0) is 47.5 Å². The predicted molar refractivity (Wildman–Crippen MR) is 76.5 cm³/mol. The Balaban J connectivity index is 3.01. The molecule has 6 heteroatoms. The quantitative estimate of drug-likeness (QED) is 0.841. The smallest absolute Gasteiger partial charge is 0.208 e. The lowest BCUT2D eigenvalue weighted by atomic mass is 10.2. The molecule has 0 aliphatic carbocycles. The topological polar surface area (TPSA) is 46.2 Å². The maximum Gasteiger partial charge on any atom is 0.241 e. The van der Waals surface area contributed by atoms with E-state index in [0.717, 1.165) is 17.3 Å². The Labute approximate surface area is 119 Å². The van der Waals surface area contributed by atoms with Gasteiger partial charge in [-0.2, -0.15) is 0 Å². The first-order chi connectivity index (χ1) is 7.86. The Kier molecular flexibility index (Phi) is 5.63. The third-order valence-corrected chi connectivity index (χ3v) is 5.34. The van der Waals surface area contributed by atoms with Gasteiger partial charge in [-0.1, -0.05) is 29.3 Å². The zero-order valence-corrected chi connectivity index (χ0v) is 13.7. The number of hydrogen-bond acceptors (Lipinski definition) is 2. The first-order valence-corrected chi connectivity index (χ1v) is 8.41. The predicted octanol–water partition coefficient (Wildman–Crippen LogP) is 3.68. The van der Waals surface area contributed by atoms with Crippen LogP contribution in [-0.2, 0) is 10.0 Å².